The largest absolute Gasteiger partial charge is 0.300 e. The first kappa shape index (κ1) is 15.5. The molecule has 4 atom stereocenters. The van der Waals surface area contributed by atoms with Gasteiger partial charge in [0.15, 0.2) is 5.78 Å². The molecule has 0 amide bonds. The van der Waals surface area contributed by atoms with E-state index in [2.05, 4.69) is 27.7 Å². The van der Waals surface area contributed by atoms with E-state index in [0.29, 0.717) is 24.7 Å². The molecule has 0 aromatic rings. The highest BCUT2D eigenvalue weighted by atomic mass is 16.1. The third-order valence-corrected chi connectivity index (χ3v) is 6.49. The van der Waals surface area contributed by atoms with Crippen molar-refractivity contribution in [1.82, 2.24) is 0 Å². The van der Waals surface area contributed by atoms with Gasteiger partial charge in [0, 0.05) is 12.8 Å². The standard InChI is InChI=1S/C18H28O2/c1-12-6-8-18(5)13(2)10-15(20)11-16(18)17(12,4)9-7-14(3)19/h10,12,16H,6-9,11H2,1-5H3. The zero-order valence-electron chi connectivity index (χ0n) is 13.6. The van der Waals surface area contributed by atoms with Crippen molar-refractivity contribution in [3.8, 4) is 0 Å². The molecule has 0 heterocycles. The van der Waals surface area contributed by atoms with Crippen LogP contribution in [0.5, 0.6) is 0 Å². The van der Waals surface area contributed by atoms with Gasteiger partial charge in [0.05, 0.1) is 0 Å². The van der Waals surface area contributed by atoms with Gasteiger partial charge in [-0.05, 0) is 61.9 Å². The van der Waals surface area contributed by atoms with Crippen LogP contribution in [-0.4, -0.2) is 11.6 Å². The number of Topliss-reactive ketones (excluding diaryl/α,β-unsaturated/α-hetero) is 1. The molecule has 2 aliphatic rings. The third-order valence-electron chi connectivity index (χ3n) is 6.49. The van der Waals surface area contributed by atoms with E-state index in [1.165, 1.54) is 18.4 Å². The van der Waals surface area contributed by atoms with Crippen LogP contribution in [0.25, 0.3) is 0 Å². The molecule has 0 N–H and O–H groups in total. The summed E-state index contributed by atoms with van der Waals surface area (Å²) in [5.41, 5.74) is 1.50. The molecule has 0 radical (unpaired) electrons. The molecule has 0 aromatic heterocycles. The molecule has 2 nitrogen and oxygen atoms in total. The van der Waals surface area contributed by atoms with Crippen LogP contribution >= 0.6 is 0 Å². The Morgan fingerprint density at radius 1 is 1.40 bits per heavy atom. The molecule has 2 aliphatic carbocycles. The van der Waals surface area contributed by atoms with Gasteiger partial charge < -0.3 is 4.79 Å². The van der Waals surface area contributed by atoms with Crippen LogP contribution in [0.3, 0.4) is 0 Å². The van der Waals surface area contributed by atoms with Crippen LogP contribution in [-0.2, 0) is 9.59 Å². The summed E-state index contributed by atoms with van der Waals surface area (Å²) in [5, 5.41) is 0. The maximum absolute atomic E-state index is 12.1. The van der Waals surface area contributed by atoms with Gasteiger partial charge in [-0.15, -0.1) is 0 Å². The van der Waals surface area contributed by atoms with Crippen LogP contribution in [0, 0.1) is 22.7 Å². The van der Waals surface area contributed by atoms with E-state index < -0.39 is 0 Å². The van der Waals surface area contributed by atoms with E-state index in [1.807, 2.05) is 6.08 Å². The molecule has 1 saturated carbocycles. The van der Waals surface area contributed by atoms with Gasteiger partial charge in [-0.25, -0.2) is 0 Å². The summed E-state index contributed by atoms with van der Waals surface area (Å²) in [7, 11) is 0. The van der Waals surface area contributed by atoms with Gasteiger partial charge in [0.1, 0.15) is 5.78 Å². The lowest BCUT2D eigenvalue weighted by molar-refractivity contribution is -0.125. The van der Waals surface area contributed by atoms with Gasteiger partial charge in [-0.2, -0.15) is 0 Å². The summed E-state index contributed by atoms with van der Waals surface area (Å²) in [4.78, 5) is 23.5. The van der Waals surface area contributed by atoms with Gasteiger partial charge in [0.2, 0.25) is 0 Å². The molecule has 20 heavy (non-hydrogen) atoms. The molecule has 2 heteroatoms. The molecular weight excluding hydrogens is 248 g/mol. The Balaban J connectivity index is 2.37. The van der Waals surface area contributed by atoms with E-state index in [0.717, 1.165) is 6.42 Å². The Morgan fingerprint density at radius 3 is 2.65 bits per heavy atom. The number of ketones is 2. The SMILES string of the molecule is CC(=O)CCC1(C)C(C)CCC2(C)C(C)=CC(=O)CC21. The monoisotopic (exact) mass is 276 g/mol. The average Bonchev–Trinajstić information content (AvgIpc) is 2.36. The zero-order chi connectivity index (χ0) is 15.1. The Morgan fingerprint density at radius 2 is 2.05 bits per heavy atom. The number of carbonyl (C=O) groups excluding carboxylic acids is 2. The second-order valence-corrected chi connectivity index (χ2v) is 7.62. The summed E-state index contributed by atoms with van der Waals surface area (Å²) < 4.78 is 0. The summed E-state index contributed by atoms with van der Waals surface area (Å²) in [5.74, 6) is 1.50. The van der Waals surface area contributed by atoms with Crippen molar-refractivity contribution >= 4 is 11.6 Å². The zero-order valence-corrected chi connectivity index (χ0v) is 13.6. The molecule has 4 unspecified atom stereocenters. The average molecular weight is 276 g/mol. The smallest absolute Gasteiger partial charge is 0.155 e. The van der Waals surface area contributed by atoms with Crippen molar-refractivity contribution in [2.45, 2.75) is 66.7 Å². The van der Waals surface area contributed by atoms with Gasteiger partial charge in [0.25, 0.3) is 0 Å². The van der Waals surface area contributed by atoms with Crippen LogP contribution < -0.4 is 0 Å². The summed E-state index contributed by atoms with van der Waals surface area (Å²) >= 11 is 0. The Hall–Kier alpha value is -0.920. The lowest BCUT2D eigenvalue weighted by atomic mass is 9.47. The lowest BCUT2D eigenvalue weighted by Gasteiger charge is -2.57. The highest BCUT2D eigenvalue weighted by Crippen LogP contribution is 2.61. The van der Waals surface area contributed by atoms with E-state index in [4.69, 9.17) is 0 Å². The molecular formula is C18H28O2. The van der Waals surface area contributed by atoms with Crippen LogP contribution in [0.1, 0.15) is 66.7 Å². The first-order valence-corrected chi connectivity index (χ1v) is 7.91. The topological polar surface area (TPSA) is 34.1 Å². The predicted molar refractivity (Wildman–Crippen MR) is 81.4 cm³/mol. The lowest BCUT2D eigenvalue weighted by Crippen LogP contribution is -2.51. The Bertz CT molecular complexity index is 462. The fraction of sp³-hybridized carbons (Fsp3) is 0.778. The van der Waals surface area contributed by atoms with Crippen LogP contribution in [0.4, 0.5) is 0 Å². The van der Waals surface area contributed by atoms with Crippen molar-refractivity contribution in [2.24, 2.45) is 22.7 Å². The number of carbonyl (C=O) groups is 2. The second kappa shape index (κ2) is 5.13. The number of rotatable bonds is 3. The van der Waals surface area contributed by atoms with Gasteiger partial charge >= 0.3 is 0 Å². The molecule has 112 valence electrons. The third kappa shape index (κ3) is 2.38. The maximum Gasteiger partial charge on any atom is 0.155 e. The fourth-order valence-corrected chi connectivity index (χ4v) is 4.55. The highest BCUT2D eigenvalue weighted by Gasteiger charge is 2.54. The minimum atomic E-state index is 0.101. The summed E-state index contributed by atoms with van der Waals surface area (Å²) in [6.07, 6.45) is 6.45. The quantitative estimate of drug-likeness (QED) is 0.768. The first-order chi connectivity index (χ1) is 9.20. The fourth-order valence-electron chi connectivity index (χ4n) is 4.55. The number of fused-ring (bicyclic) bond motifs is 1. The summed E-state index contributed by atoms with van der Waals surface area (Å²) in [6.45, 7) is 10.7. The molecule has 0 aliphatic heterocycles. The molecule has 2 rings (SSSR count). The maximum atomic E-state index is 12.1. The van der Waals surface area contributed by atoms with Crippen molar-refractivity contribution in [3.05, 3.63) is 11.6 Å². The molecule has 0 aromatic carbocycles. The predicted octanol–water partition coefficient (Wildman–Crippen LogP) is 4.33. The molecule has 0 bridgehead atoms. The van der Waals surface area contributed by atoms with Crippen molar-refractivity contribution < 1.29 is 9.59 Å². The minimum Gasteiger partial charge on any atom is -0.300 e. The number of hydrogen-bond donors (Lipinski definition) is 0. The van der Waals surface area contributed by atoms with Crippen molar-refractivity contribution in [1.29, 1.82) is 0 Å². The van der Waals surface area contributed by atoms with E-state index in [-0.39, 0.29) is 22.4 Å². The second-order valence-electron chi connectivity index (χ2n) is 7.62. The van der Waals surface area contributed by atoms with Gasteiger partial charge in [-0.3, -0.25) is 4.79 Å². The summed E-state index contributed by atoms with van der Waals surface area (Å²) in [6, 6.07) is 0. The van der Waals surface area contributed by atoms with Crippen LogP contribution in [0.15, 0.2) is 11.6 Å². The molecule has 1 fully saturated rings. The van der Waals surface area contributed by atoms with E-state index >= 15 is 0 Å². The Labute approximate surface area is 123 Å². The number of allylic oxidation sites excluding steroid dienone is 2. The normalized spacial score (nSPS) is 41.0. The Kier molecular flexibility index (Phi) is 3.96. The highest BCUT2D eigenvalue weighted by molar-refractivity contribution is 5.92. The van der Waals surface area contributed by atoms with Gasteiger partial charge in [-0.1, -0.05) is 26.3 Å². The molecule has 0 spiro atoms. The first-order valence-electron chi connectivity index (χ1n) is 7.91. The van der Waals surface area contributed by atoms with Crippen molar-refractivity contribution in [3.63, 3.8) is 0 Å². The molecule has 0 saturated heterocycles. The van der Waals surface area contributed by atoms with E-state index in [9.17, 15) is 9.59 Å². The van der Waals surface area contributed by atoms with Crippen molar-refractivity contribution in [2.75, 3.05) is 0 Å². The van der Waals surface area contributed by atoms with E-state index in [1.54, 1.807) is 6.92 Å². The van der Waals surface area contributed by atoms with Crippen LogP contribution in [0.2, 0.25) is 0 Å². The number of hydrogen-bond acceptors (Lipinski definition) is 2. The minimum absolute atomic E-state index is 0.101.